The lowest BCUT2D eigenvalue weighted by molar-refractivity contribution is 0.0701. The molecule has 1 saturated heterocycles. The van der Waals surface area contributed by atoms with Crippen molar-refractivity contribution in [2.45, 2.75) is 18.8 Å². The number of oxazole rings is 1. The number of likely N-dealkylation sites (tertiary alicyclic amines) is 1. The molecule has 0 aliphatic carbocycles. The molecule has 0 unspecified atom stereocenters. The van der Waals surface area contributed by atoms with Crippen molar-refractivity contribution in [2.75, 3.05) is 13.1 Å². The molecule has 4 rings (SSSR count). The van der Waals surface area contributed by atoms with Gasteiger partial charge in [-0.2, -0.15) is 0 Å². The number of para-hydroxylation sites is 2. The van der Waals surface area contributed by atoms with Gasteiger partial charge in [0, 0.05) is 29.7 Å². The molecule has 0 saturated carbocycles. The highest BCUT2D eigenvalue weighted by Gasteiger charge is 2.28. The van der Waals surface area contributed by atoms with Crippen molar-refractivity contribution in [2.24, 2.45) is 0 Å². The van der Waals surface area contributed by atoms with Crippen LogP contribution in [0.25, 0.3) is 11.1 Å². The van der Waals surface area contributed by atoms with Gasteiger partial charge in [-0.25, -0.2) is 4.98 Å². The van der Waals surface area contributed by atoms with E-state index >= 15 is 0 Å². The molecule has 23 heavy (non-hydrogen) atoms. The number of fused-ring (bicyclic) bond motifs is 1. The summed E-state index contributed by atoms with van der Waals surface area (Å²) in [5.74, 6) is 1.12. The molecule has 0 bridgehead atoms. The van der Waals surface area contributed by atoms with Crippen LogP contribution in [-0.2, 0) is 0 Å². The van der Waals surface area contributed by atoms with Crippen LogP contribution in [0.1, 0.15) is 35.1 Å². The predicted octanol–water partition coefficient (Wildman–Crippen LogP) is 3.94. The molecule has 1 fully saturated rings. The van der Waals surface area contributed by atoms with E-state index < -0.39 is 0 Å². The Hall–Kier alpha value is -2.08. The van der Waals surface area contributed by atoms with Gasteiger partial charge in [0.25, 0.3) is 5.91 Å². The number of H-pyrrole nitrogens is 1. The molecule has 0 spiro atoms. The van der Waals surface area contributed by atoms with Crippen LogP contribution in [-0.4, -0.2) is 33.9 Å². The molecule has 1 aliphatic heterocycles. The maximum atomic E-state index is 12.4. The van der Waals surface area contributed by atoms with Gasteiger partial charge in [-0.3, -0.25) is 4.79 Å². The first-order valence-corrected chi connectivity index (χ1v) is 8.48. The maximum Gasteiger partial charge on any atom is 0.270 e. The number of piperidine rings is 1. The third kappa shape index (κ3) is 2.79. The summed E-state index contributed by atoms with van der Waals surface area (Å²) in [5.41, 5.74) is 2.35. The molecule has 3 heterocycles. The summed E-state index contributed by atoms with van der Waals surface area (Å²) in [6.45, 7) is 1.44. The summed E-state index contributed by atoms with van der Waals surface area (Å²) in [6, 6.07) is 9.63. The van der Waals surface area contributed by atoms with Crippen LogP contribution in [0.4, 0.5) is 0 Å². The average Bonchev–Trinajstić information content (AvgIpc) is 3.20. The number of nitrogens with one attached hydrogen (secondary N) is 1. The van der Waals surface area contributed by atoms with Gasteiger partial charge in [0.2, 0.25) is 0 Å². The van der Waals surface area contributed by atoms with Crippen molar-refractivity contribution >= 4 is 32.9 Å². The van der Waals surface area contributed by atoms with Gasteiger partial charge in [0.15, 0.2) is 11.5 Å². The highest BCUT2D eigenvalue weighted by molar-refractivity contribution is 9.10. The molecule has 2 aromatic heterocycles. The van der Waals surface area contributed by atoms with E-state index in [4.69, 9.17) is 4.42 Å². The van der Waals surface area contributed by atoms with Crippen LogP contribution in [0.15, 0.2) is 45.4 Å². The number of halogens is 1. The molecule has 1 aromatic carbocycles. The third-order valence-corrected chi connectivity index (χ3v) is 4.78. The lowest BCUT2D eigenvalue weighted by atomic mass is 9.96. The number of benzene rings is 1. The summed E-state index contributed by atoms with van der Waals surface area (Å²) in [4.78, 5) is 21.9. The molecule has 1 amide bonds. The number of rotatable bonds is 2. The zero-order valence-electron chi connectivity index (χ0n) is 12.5. The number of hydrogen-bond donors (Lipinski definition) is 1. The second-order valence-corrected chi connectivity index (χ2v) is 6.73. The monoisotopic (exact) mass is 373 g/mol. The first-order valence-electron chi connectivity index (χ1n) is 7.69. The fraction of sp³-hybridized carbons (Fsp3) is 0.294. The summed E-state index contributed by atoms with van der Waals surface area (Å²) in [5, 5.41) is 0. The van der Waals surface area contributed by atoms with Crippen molar-refractivity contribution in [3.8, 4) is 0 Å². The first kappa shape index (κ1) is 14.5. The molecule has 118 valence electrons. The molecule has 6 heteroatoms. The SMILES string of the molecule is O=C(c1cc(Br)c[nH]1)N1CCC(c2nc3ccccc3o2)CC1. The van der Waals surface area contributed by atoms with E-state index in [0.717, 1.165) is 47.4 Å². The molecule has 0 atom stereocenters. The lowest BCUT2D eigenvalue weighted by Gasteiger charge is -2.30. The Bertz CT molecular complexity index is 813. The fourth-order valence-corrected chi connectivity index (χ4v) is 3.40. The standard InChI is InChI=1S/C17H16BrN3O2/c18-12-9-14(19-10-12)17(22)21-7-5-11(6-8-21)16-20-13-3-1-2-4-15(13)23-16/h1-4,9-11,19H,5-8H2. The van der Waals surface area contributed by atoms with Crippen LogP contribution in [0, 0.1) is 0 Å². The largest absolute Gasteiger partial charge is 0.440 e. The summed E-state index contributed by atoms with van der Waals surface area (Å²) in [7, 11) is 0. The van der Waals surface area contributed by atoms with Gasteiger partial charge in [0.1, 0.15) is 11.2 Å². The maximum absolute atomic E-state index is 12.4. The van der Waals surface area contributed by atoms with Crippen LogP contribution in [0.2, 0.25) is 0 Å². The van der Waals surface area contributed by atoms with Crippen LogP contribution in [0.3, 0.4) is 0 Å². The van der Waals surface area contributed by atoms with Gasteiger partial charge in [-0.05, 0) is 47.0 Å². The van der Waals surface area contributed by atoms with E-state index in [9.17, 15) is 4.79 Å². The number of carbonyl (C=O) groups excluding carboxylic acids is 1. The van der Waals surface area contributed by atoms with E-state index in [1.165, 1.54) is 0 Å². The van der Waals surface area contributed by atoms with E-state index in [-0.39, 0.29) is 11.8 Å². The summed E-state index contributed by atoms with van der Waals surface area (Å²) in [6.07, 6.45) is 3.53. The molecule has 5 nitrogen and oxygen atoms in total. The number of amides is 1. The first-order chi connectivity index (χ1) is 11.2. The van der Waals surface area contributed by atoms with Crippen LogP contribution < -0.4 is 0 Å². The Morgan fingerprint density at radius 2 is 2.09 bits per heavy atom. The molecule has 1 N–H and O–H groups in total. The Balaban J connectivity index is 1.45. The van der Waals surface area contributed by atoms with Gasteiger partial charge in [-0.1, -0.05) is 12.1 Å². The number of aromatic nitrogens is 2. The average molecular weight is 374 g/mol. The number of hydrogen-bond acceptors (Lipinski definition) is 3. The Kier molecular flexibility index (Phi) is 3.69. The summed E-state index contributed by atoms with van der Waals surface area (Å²) >= 11 is 3.36. The second kappa shape index (κ2) is 5.85. The molecule has 0 radical (unpaired) electrons. The van der Waals surface area contributed by atoms with E-state index in [2.05, 4.69) is 25.9 Å². The van der Waals surface area contributed by atoms with Gasteiger partial charge < -0.3 is 14.3 Å². The number of nitrogens with zero attached hydrogens (tertiary/aromatic N) is 2. The molecular formula is C17H16BrN3O2. The van der Waals surface area contributed by atoms with Gasteiger partial charge >= 0.3 is 0 Å². The summed E-state index contributed by atoms with van der Waals surface area (Å²) < 4.78 is 6.76. The second-order valence-electron chi connectivity index (χ2n) is 5.82. The Morgan fingerprint density at radius 1 is 1.30 bits per heavy atom. The third-order valence-electron chi connectivity index (χ3n) is 4.32. The normalized spacial score (nSPS) is 16.1. The minimum atomic E-state index is 0.0479. The quantitative estimate of drug-likeness (QED) is 0.739. The van der Waals surface area contributed by atoms with Crippen molar-refractivity contribution in [3.05, 3.63) is 52.6 Å². The Morgan fingerprint density at radius 3 is 2.78 bits per heavy atom. The smallest absolute Gasteiger partial charge is 0.270 e. The van der Waals surface area contributed by atoms with Crippen LogP contribution in [0.5, 0.6) is 0 Å². The van der Waals surface area contributed by atoms with Crippen LogP contribution >= 0.6 is 15.9 Å². The fourth-order valence-electron chi connectivity index (χ4n) is 3.06. The van der Waals surface area contributed by atoms with Gasteiger partial charge in [0.05, 0.1) is 0 Å². The lowest BCUT2D eigenvalue weighted by Crippen LogP contribution is -2.38. The van der Waals surface area contributed by atoms with Gasteiger partial charge in [-0.15, -0.1) is 0 Å². The number of aromatic amines is 1. The highest BCUT2D eigenvalue weighted by Crippen LogP contribution is 2.30. The zero-order chi connectivity index (χ0) is 15.8. The van der Waals surface area contributed by atoms with E-state index in [1.54, 1.807) is 6.20 Å². The molecular weight excluding hydrogens is 358 g/mol. The molecule has 3 aromatic rings. The van der Waals surface area contributed by atoms with E-state index in [1.807, 2.05) is 35.2 Å². The highest BCUT2D eigenvalue weighted by atomic mass is 79.9. The van der Waals surface area contributed by atoms with Crippen molar-refractivity contribution in [1.82, 2.24) is 14.9 Å². The van der Waals surface area contributed by atoms with Crippen molar-refractivity contribution in [1.29, 1.82) is 0 Å². The van der Waals surface area contributed by atoms with Crippen molar-refractivity contribution in [3.63, 3.8) is 0 Å². The minimum Gasteiger partial charge on any atom is -0.440 e. The minimum absolute atomic E-state index is 0.0479. The Labute approximate surface area is 141 Å². The number of carbonyl (C=O) groups is 1. The predicted molar refractivity (Wildman–Crippen MR) is 90.4 cm³/mol. The zero-order valence-corrected chi connectivity index (χ0v) is 14.0. The van der Waals surface area contributed by atoms with E-state index in [0.29, 0.717) is 5.69 Å². The molecule has 1 aliphatic rings. The topological polar surface area (TPSA) is 62.1 Å². The van der Waals surface area contributed by atoms with Crippen molar-refractivity contribution < 1.29 is 9.21 Å².